The summed E-state index contributed by atoms with van der Waals surface area (Å²) in [4.78, 5) is 19.3. The molecule has 0 amide bonds. The molecular weight excluding hydrogens is 268 g/mol. The number of aromatic amines is 1. The van der Waals surface area contributed by atoms with Crippen molar-refractivity contribution in [2.75, 3.05) is 5.75 Å². The van der Waals surface area contributed by atoms with E-state index in [1.807, 2.05) is 25.1 Å². The third kappa shape index (κ3) is 2.70. The molecule has 0 atom stereocenters. The van der Waals surface area contributed by atoms with Crippen LogP contribution in [0.4, 0.5) is 0 Å². The van der Waals surface area contributed by atoms with Crippen molar-refractivity contribution in [3.8, 4) is 0 Å². The van der Waals surface area contributed by atoms with Crippen molar-refractivity contribution in [1.82, 2.24) is 9.97 Å². The van der Waals surface area contributed by atoms with Crippen molar-refractivity contribution >= 4 is 17.3 Å². The predicted octanol–water partition coefficient (Wildman–Crippen LogP) is 2.95. The highest BCUT2D eigenvalue weighted by molar-refractivity contribution is 7.99. The molecule has 1 aliphatic rings. The number of allylic oxidation sites excluding steroid dienone is 1. The summed E-state index contributed by atoms with van der Waals surface area (Å²) >= 11 is 1.77. The molecule has 0 aliphatic carbocycles. The van der Waals surface area contributed by atoms with E-state index in [-0.39, 0.29) is 5.56 Å². The molecule has 2 heterocycles. The maximum absolute atomic E-state index is 12.0. The molecule has 2 aromatic rings. The highest BCUT2D eigenvalue weighted by Gasteiger charge is 2.19. The number of hydrogen-bond donors (Lipinski definition) is 1. The molecule has 0 fully saturated rings. The Morgan fingerprint density at radius 1 is 1.30 bits per heavy atom. The average molecular weight is 284 g/mol. The normalized spacial score (nSPS) is 16.1. The molecule has 0 radical (unpaired) electrons. The molecule has 0 spiro atoms. The predicted molar refractivity (Wildman–Crippen MR) is 83.9 cm³/mol. The quantitative estimate of drug-likeness (QED) is 0.922. The minimum Gasteiger partial charge on any atom is -0.310 e. The lowest BCUT2D eigenvalue weighted by Crippen LogP contribution is -2.21. The summed E-state index contributed by atoms with van der Waals surface area (Å²) in [5, 5.41) is 0. The van der Waals surface area contributed by atoms with Crippen LogP contribution in [0, 0.1) is 6.92 Å². The summed E-state index contributed by atoms with van der Waals surface area (Å²) < 4.78 is 0. The molecule has 0 bridgehead atoms. The largest absolute Gasteiger partial charge is 0.310 e. The van der Waals surface area contributed by atoms with Crippen molar-refractivity contribution in [2.24, 2.45) is 0 Å². The van der Waals surface area contributed by atoms with E-state index >= 15 is 0 Å². The average Bonchev–Trinajstić information content (AvgIpc) is 2.46. The molecule has 1 aliphatic heterocycles. The molecule has 20 heavy (non-hydrogen) atoms. The molecule has 1 aromatic heterocycles. The fraction of sp³-hybridized carbons (Fsp3) is 0.250. The minimum absolute atomic E-state index is 0.00492. The third-order valence-electron chi connectivity index (χ3n) is 3.37. The van der Waals surface area contributed by atoms with Crippen LogP contribution in [-0.2, 0) is 12.2 Å². The fourth-order valence-electron chi connectivity index (χ4n) is 2.35. The van der Waals surface area contributed by atoms with E-state index in [4.69, 9.17) is 0 Å². The monoisotopic (exact) mass is 284 g/mol. The van der Waals surface area contributed by atoms with E-state index < -0.39 is 0 Å². The SMILES string of the molecule is Cc1nc2c(c(=O)[nH]1)CSCC2=CCc1ccccc1. The lowest BCUT2D eigenvalue weighted by Gasteiger charge is -2.17. The van der Waals surface area contributed by atoms with Gasteiger partial charge in [-0.05, 0) is 24.5 Å². The Labute approximate surface area is 122 Å². The molecule has 3 rings (SSSR count). The van der Waals surface area contributed by atoms with E-state index in [0.717, 1.165) is 29.2 Å². The number of aromatic nitrogens is 2. The highest BCUT2D eigenvalue weighted by atomic mass is 32.2. The van der Waals surface area contributed by atoms with Gasteiger partial charge in [-0.1, -0.05) is 36.4 Å². The van der Waals surface area contributed by atoms with Gasteiger partial charge in [0.2, 0.25) is 0 Å². The van der Waals surface area contributed by atoms with Gasteiger partial charge in [-0.3, -0.25) is 4.79 Å². The van der Waals surface area contributed by atoms with Gasteiger partial charge in [0.05, 0.1) is 11.3 Å². The van der Waals surface area contributed by atoms with Gasteiger partial charge in [0.25, 0.3) is 5.56 Å². The second-order valence-electron chi connectivity index (χ2n) is 4.89. The number of thioether (sulfide) groups is 1. The Kier molecular flexibility index (Phi) is 3.74. The number of rotatable bonds is 2. The Hall–Kier alpha value is -1.81. The van der Waals surface area contributed by atoms with E-state index in [2.05, 4.69) is 28.2 Å². The van der Waals surface area contributed by atoms with Crippen LogP contribution in [0.5, 0.6) is 0 Å². The number of H-pyrrole nitrogens is 1. The van der Waals surface area contributed by atoms with Gasteiger partial charge in [0.1, 0.15) is 5.82 Å². The first-order valence-electron chi connectivity index (χ1n) is 6.65. The smallest absolute Gasteiger partial charge is 0.255 e. The topological polar surface area (TPSA) is 45.8 Å². The summed E-state index contributed by atoms with van der Waals surface area (Å²) in [6.07, 6.45) is 3.08. The van der Waals surface area contributed by atoms with Gasteiger partial charge in [-0.25, -0.2) is 4.98 Å². The molecular formula is C16H16N2OS. The van der Waals surface area contributed by atoms with Crippen LogP contribution in [0.1, 0.15) is 22.6 Å². The molecule has 1 N–H and O–H groups in total. The second kappa shape index (κ2) is 5.67. The molecule has 3 nitrogen and oxygen atoms in total. The number of benzene rings is 1. The van der Waals surface area contributed by atoms with Crippen LogP contribution in [-0.4, -0.2) is 15.7 Å². The van der Waals surface area contributed by atoms with E-state index in [1.54, 1.807) is 11.8 Å². The van der Waals surface area contributed by atoms with E-state index in [0.29, 0.717) is 5.82 Å². The van der Waals surface area contributed by atoms with Gasteiger partial charge in [-0.2, -0.15) is 11.8 Å². The molecule has 0 unspecified atom stereocenters. The maximum atomic E-state index is 12.0. The number of nitrogens with one attached hydrogen (secondary N) is 1. The van der Waals surface area contributed by atoms with Crippen LogP contribution >= 0.6 is 11.8 Å². The molecule has 1 aromatic carbocycles. The third-order valence-corrected chi connectivity index (χ3v) is 4.38. The second-order valence-corrected chi connectivity index (χ2v) is 5.88. The summed E-state index contributed by atoms with van der Waals surface area (Å²) in [7, 11) is 0. The summed E-state index contributed by atoms with van der Waals surface area (Å²) in [6.45, 7) is 1.83. The highest BCUT2D eigenvalue weighted by Crippen LogP contribution is 2.29. The Morgan fingerprint density at radius 2 is 2.10 bits per heavy atom. The maximum Gasteiger partial charge on any atom is 0.255 e. The van der Waals surface area contributed by atoms with Gasteiger partial charge in [0, 0.05) is 11.5 Å². The number of aryl methyl sites for hydroxylation is 1. The van der Waals surface area contributed by atoms with Crippen molar-refractivity contribution in [3.05, 3.63) is 69.4 Å². The lowest BCUT2D eigenvalue weighted by atomic mass is 10.1. The summed E-state index contributed by atoms with van der Waals surface area (Å²) in [6, 6.07) is 10.3. The van der Waals surface area contributed by atoms with Crippen molar-refractivity contribution < 1.29 is 0 Å². The summed E-state index contributed by atoms with van der Waals surface area (Å²) in [5.41, 5.74) is 4.16. The van der Waals surface area contributed by atoms with Crippen molar-refractivity contribution in [1.29, 1.82) is 0 Å². The zero-order chi connectivity index (χ0) is 13.9. The van der Waals surface area contributed by atoms with Crippen LogP contribution in [0.15, 0.2) is 41.2 Å². The van der Waals surface area contributed by atoms with Gasteiger partial charge in [0.15, 0.2) is 0 Å². The van der Waals surface area contributed by atoms with Gasteiger partial charge >= 0.3 is 0 Å². The lowest BCUT2D eigenvalue weighted by molar-refractivity contribution is 0.966. The summed E-state index contributed by atoms with van der Waals surface area (Å²) in [5.74, 6) is 2.36. The first-order chi connectivity index (χ1) is 9.74. The Bertz CT molecular complexity index is 704. The van der Waals surface area contributed by atoms with E-state index in [9.17, 15) is 4.79 Å². The Morgan fingerprint density at radius 3 is 2.90 bits per heavy atom. The van der Waals surface area contributed by atoms with Crippen molar-refractivity contribution in [3.63, 3.8) is 0 Å². The van der Waals surface area contributed by atoms with Crippen LogP contribution in [0.25, 0.3) is 5.57 Å². The molecule has 0 saturated heterocycles. The van der Waals surface area contributed by atoms with Crippen LogP contribution in [0.2, 0.25) is 0 Å². The number of fused-ring (bicyclic) bond motifs is 1. The first-order valence-corrected chi connectivity index (χ1v) is 7.80. The van der Waals surface area contributed by atoms with Crippen LogP contribution < -0.4 is 5.56 Å². The molecule has 0 saturated carbocycles. The Balaban J connectivity index is 1.96. The minimum atomic E-state index is 0.00492. The standard InChI is InChI=1S/C16H16N2OS/c1-11-17-15-13(8-7-12-5-3-2-4-6-12)9-20-10-14(15)16(19)18-11/h2-6,8H,7,9-10H2,1H3,(H,17,18,19). The van der Waals surface area contributed by atoms with Crippen LogP contribution in [0.3, 0.4) is 0 Å². The number of nitrogens with zero attached hydrogens (tertiary/aromatic N) is 1. The number of hydrogen-bond acceptors (Lipinski definition) is 3. The molecule has 4 heteroatoms. The zero-order valence-electron chi connectivity index (χ0n) is 11.3. The van der Waals surface area contributed by atoms with E-state index in [1.165, 1.54) is 11.1 Å². The molecule has 102 valence electrons. The fourth-order valence-corrected chi connectivity index (χ4v) is 3.40. The van der Waals surface area contributed by atoms with Gasteiger partial charge < -0.3 is 4.98 Å². The zero-order valence-corrected chi connectivity index (χ0v) is 12.2. The van der Waals surface area contributed by atoms with Gasteiger partial charge in [-0.15, -0.1) is 0 Å². The first kappa shape index (κ1) is 13.2. The van der Waals surface area contributed by atoms with Crippen molar-refractivity contribution in [2.45, 2.75) is 19.1 Å².